The van der Waals surface area contributed by atoms with Crippen molar-refractivity contribution in [2.75, 3.05) is 19.8 Å². The summed E-state index contributed by atoms with van der Waals surface area (Å²) < 4.78 is 17.3. The van der Waals surface area contributed by atoms with Gasteiger partial charge in [0.1, 0.15) is 6.61 Å². The van der Waals surface area contributed by atoms with Gasteiger partial charge in [0.15, 0.2) is 6.10 Å². The van der Waals surface area contributed by atoms with Crippen molar-refractivity contribution >= 4 is 11.9 Å². The van der Waals surface area contributed by atoms with Crippen LogP contribution >= 0.6 is 0 Å². The summed E-state index contributed by atoms with van der Waals surface area (Å²) in [5.41, 5.74) is 0. The second-order valence-electron chi connectivity index (χ2n) is 15.6. The van der Waals surface area contributed by atoms with E-state index in [0.29, 0.717) is 19.4 Å². The second kappa shape index (κ2) is 47.0. The largest absolute Gasteiger partial charge is 0.462 e. The van der Waals surface area contributed by atoms with Crippen molar-refractivity contribution in [1.82, 2.24) is 0 Å². The van der Waals surface area contributed by atoms with Gasteiger partial charge in [0.05, 0.1) is 6.61 Å². The van der Waals surface area contributed by atoms with Crippen molar-refractivity contribution in [1.29, 1.82) is 0 Å². The van der Waals surface area contributed by atoms with E-state index in [2.05, 4.69) is 81.5 Å². The van der Waals surface area contributed by atoms with Gasteiger partial charge in [-0.1, -0.05) is 210 Å². The molecule has 0 spiro atoms. The van der Waals surface area contributed by atoms with Crippen molar-refractivity contribution in [3.8, 4) is 0 Å². The Morgan fingerprint density at radius 3 is 1.29 bits per heavy atom. The number of carbonyl (C=O) groups excluding carboxylic acids is 2. The molecule has 0 radical (unpaired) electrons. The maximum absolute atomic E-state index is 12.7. The second-order valence-corrected chi connectivity index (χ2v) is 15.6. The topological polar surface area (TPSA) is 61.8 Å². The molecule has 0 aromatic heterocycles. The zero-order chi connectivity index (χ0) is 40.7. The molecule has 5 heteroatoms. The maximum atomic E-state index is 12.7. The molecule has 0 aromatic rings. The molecule has 0 heterocycles. The third-order valence-corrected chi connectivity index (χ3v) is 10.1. The van der Waals surface area contributed by atoms with E-state index >= 15 is 0 Å². The number of unbranched alkanes of at least 4 members (excludes halogenated alkanes) is 22. The molecule has 0 saturated heterocycles. The average molecular weight is 783 g/mol. The smallest absolute Gasteiger partial charge is 0.306 e. The van der Waals surface area contributed by atoms with E-state index in [1.165, 1.54) is 109 Å². The van der Waals surface area contributed by atoms with Crippen LogP contribution in [0.2, 0.25) is 0 Å². The Bertz CT molecular complexity index is 977. The van der Waals surface area contributed by atoms with Gasteiger partial charge in [-0.25, -0.2) is 0 Å². The molecule has 1 atom stereocenters. The van der Waals surface area contributed by atoms with Crippen molar-refractivity contribution in [3.63, 3.8) is 0 Å². The highest BCUT2D eigenvalue weighted by Crippen LogP contribution is 2.14. The lowest BCUT2D eigenvalue weighted by atomic mass is 10.0. The summed E-state index contributed by atoms with van der Waals surface area (Å²) >= 11 is 0. The van der Waals surface area contributed by atoms with Crippen molar-refractivity contribution in [2.24, 2.45) is 0 Å². The lowest BCUT2D eigenvalue weighted by molar-refractivity contribution is -0.163. The molecule has 324 valence electrons. The summed E-state index contributed by atoms with van der Waals surface area (Å²) in [4.78, 5) is 25.2. The normalized spacial score (nSPS) is 12.7. The first kappa shape index (κ1) is 53.6. The van der Waals surface area contributed by atoms with Crippen LogP contribution in [0.5, 0.6) is 0 Å². The predicted octanol–water partition coefficient (Wildman–Crippen LogP) is 15.8. The monoisotopic (exact) mass is 783 g/mol. The molecule has 0 saturated carbocycles. The molecule has 0 rings (SSSR count). The van der Waals surface area contributed by atoms with Gasteiger partial charge in [0, 0.05) is 19.4 Å². The van der Waals surface area contributed by atoms with E-state index in [0.717, 1.165) is 83.5 Å². The van der Waals surface area contributed by atoms with E-state index in [9.17, 15) is 9.59 Å². The Kier molecular flexibility index (Phi) is 45.0. The van der Waals surface area contributed by atoms with Crippen LogP contribution in [0.1, 0.15) is 226 Å². The Balaban J connectivity index is 4.23. The molecular formula is C51H90O5. The van der Waals surface area contributed by atoms with Crippen LogP contribution in [0.4, 0.5) is 0 Å². The number of rotatable bonds is 43. The fraction of sp³-hybridized carbons (Fsp3) is 0.765. The Labute approximate surface area is 347 Å². The standard InChI is InChI=1S/C51H90O5/c1-4-7-10-13-16-19-21-23-24-25-26-27-28-30-31-33-35-38-41-44-50(52)55-48-49(47-54-46-43-40-37-18-15-12-9-6-3)56-51(53)45-42-39-36-34-32-29-22-20-17-14-11-8-5-2/h7,10,16,19,23-24,26-27,30-31,49H,4-6,8-9,11-15,17-18,20-22,25,28-29,32-48H2,1-3H3/b10-7-,19-16-,24-23-,27-26-,31-30-. The molecule has 56 heavy (non-hydrogen) atoms. The third-order valence-electron chi connectivity index (χ3n) is 10.1. The summed E-state index contributed by atoms with van der Waals surface area (Å²) in [7, 11) is 0. The third kappa shape index (κ3) is 44.3. The zero-order valence-corrected chi connectivity index (χ0v) is 37.1. The quantitative estimate of drug-likeness (QED) is 0.0350. The predicted molar refractivity (Wildman–Crippen MR) is 242 cm³/mol. The number of hydrogen-bond acceptors (Lipinski definition) is 5. The summed E-state index contributed by atoms with van der Waals surface area (Å²) in [5.74, 6) is -0.430. The summed E-state index contributed by atoms with van der Waals surface area (Å²) in [5, 5.41) is 0. The van der Waals surface area contributed by atoms with E-state index in [1.54, 1.807) is 0 Å². The van der Waals surface area contributed by atoms with Crippen LogP contribution < -0.4 is 0 Å². The highest BCUT2D eigenvalue weighted by Gasteiger charge is 2.17. The van der Waals surface area contributed by atoms with Crippen LogP contribution in [-0.4, -0.2) is 37.9 Å². The molecule has 0 fully saturated rings. The van der Waals surface area contributed by atoms with Gasteiger partial charge in [0.2, 0.25) is 0 Å². The number of carbonyl (C=O) groups is 2. The molecule has 0 aromatic carbocycles. The molecule has 5 nitrogen and oxygen atoms in total. The van der Waals surface area contributed by atoms with Crippen LogP contribution in [0.3, 0.4) is 0 Å². The minimum absolute atomic E-state index is 0.0701. The van der Waals surface area contributed by atoms with Crippen LogP contribution in [0.25, 0.3) is 0 Å². The zero-order valence-electron chi connectivity index (χ0n) is 37.1. The molecule has 0 aliphatic heterocycles. The highest BCUT2D eigenvalue weighted by atomic mass is 16.6. The maximum Gasteiger partial charge on any atom is 0.306 e. The lowest BCUT2D eigenvalue weighted by Gasteiger charge is -2.18. The van der Waals surface area contributed by atoms with Crippen molar-refractivity contribution in [3.05, 3.63) is 60.8 Å². The molecule has 1 unspecified atom stereocenters. The van der Waals surface area contributed by atoms with Gasteiger partial charge in [0.25, 0.3) is 0 Å². The minimum atomic E-state index is -0.544. The number of allylic oxidation sites excluding steroid dienone is 10. The highest BCUT2D eigenvalue weighted by molar-refractivity contribution is 5.70. The lowest BCUT2D eigenvalue weighted by Crippen LogP contribution is -2.30. The van der Waals surface area contributed by atoms with Crippen LogP contribution in [0, 0.1) is 0 Å². The number of hydrogen-bond donors (Lipinski definition) is 0. The van der Waals surface area contributed by atoms with E-state index < -0.39 is 6.10 Å². The van der Waals surface area contributed by atoms with Crippen molar-refractivity contribution < 1.29 is 23.8 Å². The van der Waals surface area contributed by atoms with Gasteiger partial charge < -0.3 is 14.2 Å². The Morgan fingerprint density at radius 1 is 0.411 bits per heavy atom. The fourth-order valence-corrected chi connectivity index (χ4v) is 6.54. The fourth-order valence-electron chi connectivity index (χ4n) is 6.54. The van der Waals surface area contributed by atoms with E-state index in [4.69, 9.17) is 14.2 Å². The molecule has 0 amide bonds. The Hall–Kier alpha value is -2.40. The number of ether oxygens (including phenoxy) is 3. The van der Waals surface area contributed by atoms with Crippen LogP contribution in [0.15, 0.2) is 60.8 Å². The summed E-state index contributed by atoms with van der Waals surface area (Å²) in [6, 6.07) is 0. The number of esters is 2. The molecule has 0 aliphatic carbocycles. The molecular weight excluding hydrogens is 693 g/mol. The first-order valence-corrected chi connectivity index (χ1v) is 23.8. The first-order chi connectivity index (χ1) is 27.6. The van der Waals surface area contributed by atoms with Gasteiger partial charge in [-0.2, -0.15) is 0 Å². The van der Waals surface area contributed by atoms with Gasteiger partial charge >= 0.3 is 11.9 Å². The molecule has 0 N–H and O–H groups in total. The first-order valence-electron chi connectivity index (χ1n) is 23.8. The molecule has 0 aliphatic rings. The van der Waals surface area contributed by atoms with Crippen LogP contribution in [-0.2, 0) is 23.8 Å². The van der Waals surface area contributed by atoms with Gasteiger partial charge in [-0.15, -0.1) is 0 Å². The average Bonchev–Trinajstić information content (AvgIpc) is 3.20. The summed E-state index contributed by atoms with van der Waals surface area (Å²) in [6.45, 7) is 7.67. The SMILES string of the molecule is CC/C=C\C/C=C\C/C=C\C/C=C\C/C=C\CCCCCC(=O)OCC(COCCCCCCCCCC)OC(=O)CCCCCCCCCCCCCCC. The van der Waals surface area contributed by atoms with E-state index in [1.807, 2.05) is 0 Å². The molecule has 0 bridgehead atoms. The minimum Gasteiger partial charge on any atom is -0.462 e. The van der Waals surface area contributed by atoms with Gasteiger partial charge in [-0.05, 0) is 64.2 Å². The van der Waals surface area contributed by atoms with Gasteiger partial charge in [-0.3, -0.25) is 9.59 Å². The Morgan fingerprint density at radius 2 is 0.804 bits per heavy atom. The van der Waals surface area contributed by atoms with E-state index in [-0.39, 0.29) is 25.2 Å². The van der Waals surface area contributed by atoms with Crippen molar-refractivity contribution in [2.45, 2.75) is 232 Å². The summed E-state index contributed by atoms with van der Waals surface area (Å²) in [6.07, 6.45) is 57.9.